The van der Waals surface area contributed by atoms with Crippen LogP contribution in [0.15, 0.2) is 78.9 Å². The molecule has 6 rings (SSSR count). The minimum absolute atomic E-state index is 0.840. The number of nitrogens with zero attached hydrogens (tertiary/aromatic N) is 3. The molecule has 0 spiro atoms. The molecular weight excluding hydrogens is 342 g/mol. The van der Waals surface area contributed by atoms with Gasteiger partial charge in [0.05, 0.1) is 23.3 Å². The normalized spacial score (nSPS) is 14.1. The molecule has 28 heavy (non-hydrogen) atoms. The zero-order chi connectivity index (χ0) is 18.5. The summed E-state index contributed by atoms with van der Waals surface area (Å²) >= 11 is 0. The topological polar surface area (TPSA) is 20.5 Å². The van der Waals surface area contributed by atoms with Crippen molar-refractivity contribution < 1.29 is 0 Å². The van der Waals surface area contributed by atoms with E-state index in [-0.39, 0.29) is 0 Å². The fourth-order valence-electron chi connectivity index (χ4n) is 4.60. The molecule has 136 valence electrons. The smallest absolute Gasteiger partial charge is 0.117 e. The summed E-state index contributed by atoms with van der Waals surface area (Å²) in [5, 5.41) is 2.48. The molecule has 5 aromatic rings. The van der Waals surface area contributed by atoms with Crippen molar-refractivity contribution in [3.8, 4) is 0 Å². The maximum Gasteiger partial charge on any atom is 0.117 e. The predicted octanol–water partition coefficient (Wildman–Crippen LogP) is 5.59. The number of aryl methyl sites for hydroxylation is 1. The number of rotatable bonds is 2. The Bertz CT molecular complexity index is 1330. The van der Waals surface area contributed by atoms with E-state index in [0.29, 0.717) is 0 Å². The largest absolute Gasteiger partial charge is 0.352 e. The number of pyridine rings is 2. The van der Waals surface area contributed by atoms with Gasteiger partial charge >= 0.3 is 0 Å². The molecule has 0 bridgehead atoms. The van der Waals surface area contributed by atoms with Crippen LogP contribution in [0.3, 0.4) is 0 Å². The zero-order valence-corrected chi connectivity index (χ0v) is 15.7. The highest BCUT2D eigenvalue weighted by Crippen LogP contribution is 2.34. The molecule has 4 heterocycles. The van der Waals surface area contributed by atoms with E-state index in [1.165, 1.54) is 39.6 Å². The predicted molar refractivity (Wildman–Crippen MR) is 116 cm³/mol. The van der Waals surface area contributed by atoms with Crippen molar-refractivity contribution in [2.24, 2.45) is 0 Å². The second-order valence-corrected chi connectivity index (χ2v) is 7.67. The van der Waals surface area contributed by atoms with Gasteiger partial charge in [0, 0.05) is 17.4 Å². The lowest BCUT2D eigenvalue weighted by atomic mass is 10.1. The summed E-state index contributed by atoms with van der Waals surface area (Å²) in [6.45, 7) is 1.91. The Kier molecular flexibility index (Phi) is 3.42. The third-order valence-corrected chi connectivity index (χ3v) is 5.87. The van der Waals surface area contributed by atoms with E-state index in [9.17, 15) is 0 Å². The molecule has 0 unspecified atom stereocenters. The molecule has 0 N–H and O–H groups in total. The number of aromatic nitrogens is 2. The molecule has 1 aliphatic rings. The van der Waals surface area contributed by atoms with Gasteiger partial charge in [0.15, 0.2) is 0 Å². The number of fused-ring (bicyclic) bond motifs is 6. The van der Waals surface area contributed by atoms with Crippen molar-refractivity contribution in [3.63, 3.8) is 0 Å². The number of anilines is 1. The van der Waals surface area contributed by atoms with Crippen molar-refractivity contribution >= 4 is 33.1 Å². The SMILES string of the molecule is c1ccc2nc(CN3CCCc4cc5ccc6ccccc6n5c43)ccc2c1. The average Bonchev–Trinajstić information content (AvgIpc) is 3.14. The van der Waals surface area contributed by atoms with E-state index in [0.717, 1.165) is 30.7 Å². The molecule has 0 saturated carbocycles. The van der Waals surface area contributed by atoms with Crippen molar-refractivity contribution in [2.75, 3.05) is 11.4 Å². The fraction of sp³-hybridized carbons (Fsp3) is 0.160. The summed E-state index contributed by atoms with van der Waals surface area (Å²) in [7, 11) is 0. The third kappa shape index (κ3) is 2.40. The van der Waals surface area contributed by atoms with E-state index in [2.05, 4.69) is 88.2 Å². The second-order valence-electron chi connectivity index (χ2n) is 7.67. The van der Waals surface area contributed by atoms with Crippen LogP contribution >= 0.6 is 0 Å². The Morgan fingerprint density at radius 3 is 2.61 bits per heavy atom. The van der Waals surface area contributed by atoms with Crippen LogP contribution in [-0.4, -0.2) is 15.9 Å². The first-order valence-electron chi connectivity index (χ1n) is 9.98. The van der Waals surface area contributed by atoms with Gasteiger partial charge in [-0.15, -0.1) is 0 Å². The maximum absolute atomic E-state index is 4.92. The van der Waals surface area contributed by atoms with Crippen LogP contribution < -0.4 is 4.90 Å². The van der Waals surface area contributed by atoms with Gasteiger partial charge in [0.2, 0.25) is 0 Å². The van der Waals surface area contributed by atoms with Crippen LogP contribution in [-0.2, 0) is 13.0 Å². The molecule has 0 atom stereocenters. The Morgan fingerprint density at radius 2 is 1.64 bits per heavy atom. The summed E-state index contributed by atoms with van der Waals surface area (Å²) < 4.78 is 2.44. The van der Waals surface area contributed by atoms with Crippen LogP contribution in [0, 0.1) is 0 Å². The molecule has 3 aromatic heterocycles. The Hall–Kier alpha value is -3.33. The number of para-hydroxylation sites is 2. The lowest BCUT2D eigenvalue weighted by molar-refractivity contribution is 0.675. The molecule has 3 nitrogen and oxygen atoms in total. The van der Waals surface area contributed by atoms with Gasteiger partial charge in [0.1, 0.15) is 5.82 Å². The highest BCUT2D eigenvalue weighted by Gasteiger charge is 2.23. The van der Waals surface area contributed by atoms with Gasteiger partial charge < -0.3 is 4.90 Å². The summed E-state index contributed by atoms with van der Waals surface area (Å²) in [5.74, 6) is 1.34. The first-order valence-corrected chi connectivity index (χ1v) is 9.98. The Morgan fingerprint density at radius 1 is 0.821 bits per heavy atom. The molecule has 1 aliphatic heterocycles. The first kappa shape index (κ1) is 15.7. The van der Waals surface area contributed by atoms with E-state index < -0.39 is 0 Å². The van der Waals surface area contributed by atoms with Gasteiger partial charge in [-0.25, -0.2) is 0 Å². The van der Waals surface area contributed by atoms with Gasteiger partial charge in [-0.05, 0) is 54.1 Å². The van der Waals surface area contributed by atoms with Gasteiger partial charge in [-0.2, -0.15) is 0 Å². The van der Waals surface area contributed by atoms with Crippen LogP contribution in [0.2, 0.25) is 0 Å². The molecule has 0 aliphatic carbocycles. The second kappa shape index (κ2) is 6.10. The lowest BCUT2D eigenvalue weighted by Crippen LogP contribution is -2.30. The molecule has 0 radical (unpaired) electrons. The summed E-state index contributed by atoms with van der Waals surface area (Å²) in [4.78, 5) is 7.43. The van der Waals surface area contributed by atoms with Crippen molar-refractivity contribution in [1.82, 2.24) is 9.38 Å². The zero-order valence-electron chi connectivity index (χ0n) is 15.7. The third-order valence-electron chi connectivity index (χ3n) is 5.87. The van der Waals surface area contributed by atoms with Crippen molar-refractivity contribution in [2.45, 2.75) is 19.4 Å². The number of hydrogen-bond donors (Lipinski definition) is 0. The van der Waals surface area contributed by atoms with Crippen LogP contribution in [0.1, 0.15) is 17.7 Å². The van der Waals surface area contributed by atoms with Crippen molar-refractivity contribution in [1.29, 1.82) is 0 Å². The quantitative estimate of drug-likeness (QED) is 0.407. The summed E-state index contributed by atoms with van der Waals surface area (Å²) in [6, 6.07) is 28.2. The molecule has 0 fully saturated rings. The van der Waals surface area contributed by atoms with E-state index >= 15 is 0 Å². The Labute approximate surface area is 163 Å². The minimum atomic E-state index is 0.840. The number of benzene rings is 2. The highest BCUT2D eigenvalue weighted by atomic mass is 15.2. The van der Waals surface area contributed by atoms with Gasteiger partial charge in [0.25, 0.3) is 0 Å². The molecule has 2 aromatic carbocycles. The summed E-state index contributed by atoms with van der Waals surface area (Å²) in [5.41, 5.74) is 6.20. The van der Waals surface area contributed by atoms with Crippen LogP contribution in [0.4, 0.5) is 5.82 Å². The standard InChI is InChI=1S/C25H21N3/c1-3-9-23-18(6-1)11-13-21(26-23)17-27-15-5-8-20-16-22-14-12-19-7-2-4-10-24(19)28(22)25(20)27/h1-4,6-7,9-14,16H,5,8,15,17H2. The first-order chi connectivity index (χ1) is 13.9. The highest BCUT2D eigenvalue weighted by molar-refractivity contribution is 5.86. The Balaban J connectivity index is 1.50. The monoisotopic (exact) mass is 363 g/mol. The molecular formula is C25H21N3. The molecule has 3 heteroatoms. The van der Waals surface area contributed by atoms with Crippen molar-refractivity contribution in [3.05, 3.63) is 90.1 Å². The van der Waals surface area contributed by atoms with Gasteiger partial charge in [-0.1, -0.05) is 48.5 Å². The molecule has 0 saturated heterocycles. The fourth-order valence-corrected chi connectivity index (χ4v) is 4.60. The van der Waals surface area contributed by atoms with E-state index in [4.69, 9.17) is 4.98 Å². The average molecular weight is 363 g/mol. The summed E-state index contributed by atoms with van der Waals surface area (Å²) in [6.07, 6.45) is 2.34. The van der Waals surface area contributed by atoms with E-state index in [1.54, 1.807) is 0 Å². The van der Waals surface area contributed by atoms with E-state index in [1.807, 2.05) is 0 Å². The van der Waals surface area contributed by atoms with Crippen LogP contribution in [0.25, 0.3) is 27.3 Å². The molecule has 0 amide bonds. The number of hydrogen-bond acceptors (Lipinski definition) is 2. The maximum atomic E-state index is 4.92. The minimum Gasteiger partial charge on any atom is -0.352 e. The van der Waals surface area contributed by atoms with Gasteiger partial charge in [-0.3, -0.25) is 9.38 Å². The lowest BCUT2D eigenvalue weighted by Gasteiger charge is -2.30. The van der Waals surface area contributed by atoms with Crippen LogP contribution in [0.5, 0.6) is 0 Å².